The number of methoxy groups -OCH3 is 1. The molecular weight excluding hydrogens is 258 g/mol. The van der Waals surface area contributed by atoms with Gasteiger partial charge in [0.25, 0.3) is 5.91 Å². The van der Waals surface area contributed by atoms with Crippen molar-refractivity contribution in [2.45, 2.75) is 6.04 Å². The van der Waals surface area contributed by atoms with E-state index in [1.54, 1.807) is 43.3 Å². The van der Waals surface area contributed by atoms with Gasteiger partial charge in [-0.25, -0.2) is 0 Å². The van der Waals surface area contributed by atoms with E-state index in [1.165, 1.54) is 0 Å². The summed E-state index contributed by atoms with van der Waals surface area (Å²) in [7, 11) is 3.13. The van der Waals surface area contributed by atoms with Gasteiger partial charge in [0.15, 0.2) is 0 Å². The number of hydrogen-bond donors (Lipinski definition) is 2. The molecule has 1 aromatic carbocycles. The standard InChI is InChI=1S/C14H19N3O3/c1-15-13(18)12-9-16-6-7-17(12)14(19)10-4-3-5-11(8-10)20-2/h3-5,8,12,16H,6-7,9H2,1-2H3,(H,15,18). The molecule has 6 nitrogen and oxygen atoms in total. The minimum atomic E-state index is -0.479. The number of likely N-dealkylation sites (N-methyl/N-ethyl adjacent to an activating group) is 1. The summed E-state index contributed by atoms with van der Waals surface area (Å²) in [6, 6.07) is 6.49. The lowest BCUT2D eigenvalue weighted by molar-refractivity contribution is -0.125. The number of carbonyl (C=O) groups excluding carboxylic acids is 2. The van der Waals surface area contributed by atoms with Gasteiger partial charge < -0.3 is 20.3 Å². The molecule has 1 atom stereocenters. The van der Waals surface area contributed by atoms with Crippen LogP contribution in [-0.2, 0) is 4.79 Å². The Morgan fingerprint density at radius 1 is 1.45 bits per heavy atom. The number of ether oxygens (including phenoxy) is 1. The third kappa shape index (κ3) is 2.91. The van der Waals surface area contributed by atoms with Crippen molar-refractivity contribution in [2.24, 2.45) is 0 Å². The predicted octanol–water partition coefficient (Wildman–Crippen LogP) is -0.145. The van der Waals surface area contributed by atoms with E-state index < -0.39 is 6.04 Å². The van der Waals surface area contributed by atoms with E-state index in [4.69, 9.17) is 4.74 Å². The van der Waals surface area contributed by atoms with Gasteiger partial charge >= 0.3 is 0 Å². The Bertz CT molecular complexity index is 504. The Morgan fingerprint density at radius 3 is 2.95 bits per heavy atom. The maximum absolute atomic E-state index is 12.6. The molecule has 1 saturated heterocycles. The molecule has 1 aromatic rings. The van der Waals surface area contributed by atoms with Crippen LogP contribution < -0.4 is 15.4 Å². The second-order valence-electron chi connectivity index (χ2n) is 4.56. The highest BCUT2D eigenvalue weighted by molar-refractivity contribution is 5.98. The summed E-state index contributed by atoms with van der Waals surface area (Å²) in [5.41, 5.74) is 0.528. The van der Waals surface area contributed by atoms with Crippen molar-refractivity contribution in [1.82, 2.24) is 15.5 Å². The summed E-state index contributed by atoms with van der Waals surface area (Å²) < 4.78 is 5.13. The highest BCUT2D eigenvalue weighted by atomic mass is 16.5. The summed E-state index contributed by atoms with van der Waals surface area (Å²) in [5, 5.41) is 5.73. The van der Waals surface area contributed by atoms with Gasteiger partial charge in [0.05, 0.1) is 7.11 Å². The number of amides is 2. The Balaban J connectivity index is 2.22. The van der Waals surface area contributed by atoms with Gasteiger partial charge in [0.2, 0.25) is 5.91 Å². The second-order valence-corrected chi connectivity index (χ2v) is 4.56. The van der Waals surface area contributed by atoms with E-state index in [1.807, 2.05) is 0 Å². The monoisotopic (exact) mass is 277 g/mol. The number of nitrogens with one attached hydrogen (secondary N) is 2. The first-order valence-electron chi connectivity index (χ1n) is 6.54. The first kappa shape index (κ1) is 14.3. The third-order valence-corrected chi connectivity index (χ3v) is 3.37. The average Bonchev–Trinajstić information content (AvgIpc) is 2.53. The molecule has 0 aromatic heterocycles. The molecule has 0 saturated carbocycles. The Morgan fingerprint density at radius 2 is 2.25 bits per heavy atom. The van der Waals surface area contributed by atoms with E-state index in [2.05, 4.69) is 10.6 Å². The topological polar surface area (TPSA) is 70.7 Å². The van der Waals surface area contributed by atoms with Gasteiger partial charge in [-0.2, -0.15) is 0 Å². The minimum absolute atomic E-state index is 0.154. The van der Waals surface area contributed by atoms with Crippen LogP contribution in [0.3, 0.4) is 0 Å². The molecule has 1 fully saturated rings. The number of hydrogen-bond acceptors (Lipinski definition) is 4. The van der Waals surface area contributed by atoms with Crippen molar-refractivity contribution in [3.8, 4) is 5.75 Å². The zero-order valence-corrected chi connectivity index (χ0v) is 11.7. The van der Waals surface area contributed by atoms with E-state index in [9.17, 15) is 9.59 Å². The van der Waals surface area contributed by atoms with Crippen LogP contribution in [0.5, 0.6) is 5.75 Å². The summed E-state index contributed by atoms with van der Waals surface area (Å²) in [5.74, 6) is 0.315. The van der Waals surface area contributed by atoms with Gasteiger partial charge in [-0.15, -0.1) is 0 Å². The van der Waals surface area contributed by atoms with E-state index >= 15 is 0 Å². The molecule has 1 unspecified atom stereocenters. The number of rotatable bonds is 3. The molecule has 20 heavy (non-hydrogen) atoms. The van der Waals surface area contributed by atoms with Gasteiger partial charge in [-0.1, -0.05) is 6.07 Å². The van der Waals surface area contributed by atoms with Gasteiger partial charge in [-0.3, -0.25) is 9.59 Å². The molecule has 2 N–H and O–H groups in total. The van der Waals surface area contributed by atoms with Gasteiger partial charge in [0, 0.05) is 32.2 Å². The zero-order chi connectivity index (χ0) is 14.5. The molecule has 0 aliphatic carbocycles. The fourth-order valence-electron chi connectivity index (χ4n) is 2.27. The molecule has 1 aliphatic heterocycles. The van der Waals surface area contributed by atoms with Crippen LogP contribution in [-0.4, -0.2) is 56.5 Å². The van der Waals surface area contributed by atoms with Crippen LogP contribution in [0.2, 0.25) is 0 Å². The number of carbonyl (C=O) groups is 2. The molecule has 0 radical (unpaired) electrons. The highest BCUT2D eigenvalue weighted by Gasteiger charge is 2.32. The summed E-state index contributed by atoms with van der Waals surface area (Å²) in [6.07, 6.45) is 0. The molecule has 1 aliphatic rings. The smallest absolute Gasteiger partial charge is 0.254 e. The molecule has 1 heterocycles. The normalized spacial score (nSPS) is 18.5. The van der Waals surface area contributed by atoms with Crippen molar-refractivity contribution in [3.63, 3.8) is 0 Å². The third-order valence-electron chi connectivity index (χ3n) is 3.37. The average molecular weight is 277 g/mol. The van der Waals surface area contributed by atoms with Crippen molar-refractivity contribution in [2.75, 3.05) is 33.8 Å². The lowest BCUT2D eigenvalue weighted by atomic mass is 10.1. The number of benzene rings is 1. The fraction of sp³-hybridized carbons (Fsp3) is 0.429. The molecule has 2 amide bonds. The number of piperazine rings is 1. The van der Waals surface area contributed by atoms with Crippen LogP contribution in [0, 0.1) is 0 Å². The highest BCUT2D eigenvalue weighted by Crippen LogP contribution is 2.16. The van der Waals surface area contributed by atoms with Crippen LogP contribution in [0.4, 0.5) is 0 Å². The zero-order valence-electron chi connectivity index (χ0n) is 11.7. The summed E-state index contributed by atoms with van der Waals surface area (Å²) in [6.45, 7) is 1.66. The van der Waals surface area contributed by atoms with Crippen LogP contribution in [0.1, 0.15) is 10.4 Å². The molecular formula is C14H19N3O3. The lowest BCUT2D eigenvalue weighted by Crippen LogP contribution is -2.59. The molecule has 108 valence electrons. The molecule has 0 bridgehead atoms. The first-order valence-corrected chi connectivity index (χ1v) is 6.54. The minimum Gasteiger partial charge on any atom is -0.497 e. The second kappa shape index (κ2) is 6.38. The molecule has 6 heteroatoms. The SMILES string of the molecule is CNC(=O)C1CNCCN1C(=O)c1cccc(OC)c1. The first-order chi connectivity index (χ1) is 9.67. The Labute approximate surface area is 118 Å². The number of nitrogens with zero attached hydrogens (tertiary/aromatic N) is 1. The van der Waals surface area contributed by atoms with Crippen LogP contribution in [0.15, 0.2) is 24.3 Å². The van der Waals surface area contributed by atoms with Crippen molar-refractivity contribution in [1.29, 1.82) is 0 Å². The van der Waals surface area contributed by atoms with Crippen molar-refractivity contribution in [3.05, 3.63) is 29.8 Å². The maximum atomic E-state index is 12.6. The Kier molecular flexibility index (Phi) is 4.57. The lowest BCUT2D eigenvalue weighted by Gasteiger charge is -2.35. The van der Waals surface area contributed by atoms with E-state index in [0.717, 1.165) is 0 Å². The quantitative estimate of drug-likeness (QED) is 0.806. The van der Waals surface area contributed by atoms with Crippen molar-refractivity contribution >= 4 is 11.8 Å². The maximum Gasteiger partial charge on any atom is 0.254 e. The molecule has 0 spiro atoms. The van der Waals surface area contributed by atoms with Crippen molar-refractivity contribution < 1.29 is 14.3 Å². The van der Waals surface area contributed by atoms with E-state index in [-0.39, 0.29) is 11.8 Å². The fourth-order valence-corrected chi connectivity index (χ4v) is 2.27. The Hall–Kier alpha value is -2.08. The predicted molar refractivity (Wildman–Crippen MR) is 74.8 cm³/mol. The van der Waals surface area contributed by atoms with E-state index in [0.29, 0.717) is 30.9 Å². The van der Waals surface area contributed by atoms with Gasteiger partial charge in [0.1, 0.15) is 11.8 Å². The summed E-state index contributed by atoms with van der Waals surface area (Å²) >= 11 is 0. The molecule has 2 rings (SSSR count). The van der Waals surface area contributed by atoms with Crippen LogP contribution in [0.25, 0.3) is 0 Å². The summed E-state index contributed by atoms with van der Waals surface area (Å²) in [4.78, 5) is 26.0. The largest absolute Gasteiger partial charge is 0.497 e. The van der Waals surface area contributed by atoms with Crippen LogP contribution >= 0.6 is 0 Å². The van der Waals surface area contributed by atoms with Gasteiger partial charge in [-0.05, 0) is 18.2 Å².